The van der Waals surface area contributed by atoms with E-state index in [1.54, 1.807) is 6.07 Å². The summed E-state index contributed by atoms with van der Waals surface area (Å²) in [4.78, 5) is 18.8. The Hall–Kier alpha value is -7.94. The SMILES string of the molecule is [C-]#[N+]c1ccc2oc3ccc(-c4ccc(-c5cc6c7ccccc7c(-c7nc(-c8ccccc8)nc(-c8ccccc8)n7)cc6c6ccccc56)cc4)cc3c2c1. The third-order valence-corrected chi connectivity index (χ3v) is 10.9. The Bertz CT molecular complexity index is 3340. The van der Waals surface area contributed by atoms with Crippen molar-refractivity contribution in [3.8, 4) is 56.4 Å². The fourth-order valence-electron chi connectivity index (χ4n) is 8.16. The number of aromatic nitrogens is 3. The van der Waals surface area contributed by atoms with Crippen molar-refractivity contribution in [1.82, 2.24) is 15.0 Å². The Balaban J connectivity index is 1.07. The van der Waals surface area contributed by atoms with Crippen LogP contribution in [-0.2, 0) is 0 Å². The highest BCUT2D eigenvalue weighted by molar-refractivity contribution is 6.23. The lowest BCUT2D eigenvalue weighted by Crippen LogP contribution is -2.00. The number of benzene rings is 9. The first kappa shape index (κ1) is 32.5. The zero-order valence-electron chi connectivity index (χ0n) is 30.5. The van der Waals surface area contributed by atoms with E-state index in [-0.39, 0.29) is 0 Å². The summed E-state index contributed by atoms with van der Waals surface area (Å²) in [7, 11) is 0. The van der Waals surface area contributed by atoms with Gasteiger partial charge in [-0.3, -0.25) is 0 Å². The van der Waals surface area contributed by atoms with Gasteiger partial charge in [0.05, 0.1) is 6.57 Å². The van der Waals surface area contributed by atoms with Crippen molar-refractivity contribution in [1.29, 1.82) is 0 Å². The van der Waals surface area contributed by atoms with Crippen LogP contribution in [0.5, 0.6) is 0 Å². The van der Waals surface area contributed by atoms with Crippen molar-refractivity contribution >= 4 is 59.9 Å². The molecule has 0 saturated carbocycles. The molecule has 0 saturated heterocycles. The van der Waals surface area contributed by atoms with E-state index in [0.717, 1.165) is 76.9 Å². The number of nitrogens with zero attached hydrogens (tertiary/aromatic N) is 4. The molecule has 2 heterocycles. The topological polar surface area (TPSA) is 56.2 Å². The van der Waals surface area contributed by atoms with Crippen molar-refractivity contribution in [2.24, 2.45) is 0 Å². The molecule has 264 valence electrons. The van der Waals surface area contributed by atoms with Crippen molar-refractivity contribution in [2.45, 2.75) is 0 Å². The second-order valence-electron chi connectivity index (χ2n) is 14.3. The van der Waals surface area contributed by atoms with Gasteiger partial charge in [0.25, 0.3) is 0 Å². The van der Waals surface area contributed by atoms with Crippen LogP contribution < -0.4 is 0 Å². The second-order valence-corrected chi connectivity index (χ2v) is 14.3. The van der Waals surface area contributed by atoms with Crippen molar-refractivity contribution in [3.63, 3.8) is 0 Å². The highest BCUT2D eigenvalue weighted by Gasteiger charge is 2.19. The van der Waals surface area contributed by atoms with E-state index in [0.29, 0.717) is 23.2 Å². The summed E-state index contributed by atoms with van der Waals surface area (Å²) in [5, 5.41) is 8.83. The van der Waals surface area contributed by atoms with Gasteiger partial charge in [-0.05, 0) is 91.0 Å². The number of fused-ring (bicyclic) bond motifs is 8. The fraction of sp³-hybridized carbons (Fsp3) is 0. The van der Waals surface area contributed by atoms with Crippen LogP contribution in [0.4, 0.5) is 5.69 Å². The van der Waals surface area contributed by atoms with E-state index in [2.05, 4.69) is 102 Å². The normalized spacial score (nSPS) is 11.5. The largest absolute Gasteiger partial charge is 0.456 e. The first-order valence-corrected chi connectivity index (χ1v) is 18.9. The monoisotopic (exact) mass is 726 g/mol. The molecule has 0 bridgehead atoms. The molecular formula is C52H30N4O. The Labute approximate surface area is 328 Å². The van der Waals surface area contributed by atoms with Gasteiger partial charge in [-0.1, -0.05) is 146 Å². The molecule has 5 nitrogen and oxygen atoms in total. The summed E-state index contributed by atoms with van der Waals surface area (Å²) in [6.07, 6.45) is 0. The predicted molar refractivity (Wildman–Crippen MR) is 233 cm³/mol. The molecule has 0 aliphatic carbocycles. The molecule has 0 aliphatic rings. The third kappa shape index (κ3) is 5.51. The van der Waals surface area contributed by atoms with Gasteiger partial charge < -0.3 is 4.42 Å². The molecule has 2 aromatic heterocycles. The zero-order valence-corrected chi connectivity index (χ0v) is 30.5. The zero-order chi connectivity index (χ0) is 37.9. The lowest BCUT2D eigenvalue weighted by Gasteiger charge is -2.16. The van der Waals surface area contributed by atoms with Crippen molar-refractivity contribution in [3.05, 3.63) is 193 Å². The summed E-state index contributed by atoms with van der Waals surface area (Å²) in [6, 6.07) is 62.8. The van der Waals surface area contributed by atoms with Gasteiger partial charge in [0, 0.05) is 27.5 Å². The summed E-state index contributed by atoms with van der Waals surface area (Å²) < 4.78 is 6.09. The highest BCUT2D eigenvalue weighted by Crippen LogP contribution is 2.42. The maximum absolute atomic E-state index is 7.48. The molecule has 5 heteroatoms. The van der Waals surface area contributed by atoms with E-state index in [1.165, 1.54) is 16.3 Å². The van der Waals surface area contributed by atoms with Gasteiger partial charge in [0.15, 0.2) is 23.2 Å². The smallest absolute Gasteiger partial charge is 0.188 e. The average molecular weight is 727 g/mol. The first-order chi connectivity index (χ1) is 28.2. The Morgan fingerprint density at radius 2 is 0.807 bits per heavy atom. The van der Waals surface area contributed by atoms with Crippen LogP contribution >= 0.6 is 0 Å². The van der Waals surface area contributed by atoms with Crippen LogP contribution in [0.1, 0.15) is 0 Å². The molecule has 0 fully saturated rings. The molecule has 11 aromatic rings. The molecule has 9 aromatic carbocycles. The highest BCUT2D eigenvalue weighted by atomic mass is 16.3. The molecule has 0 radical (unpaired) electrons. The summed E-state index contributed by atoms with van der Waals surface area (Å²) in [5.74, 6) is 1.91. The van der Waals surface area contributed by atoms with Gasteiger partial charge in [-0.2, -0.15) is 0 Å². The summed E-state index contributed by atoms with van der Waals surface area (Å²) in [6.45, 7) is 7.48. The van der Waals surface area contributed by atoms with E-state index in [4.69, 9.17) is 25.9 Å². The van der Waals surface area contributed by atoms with E-state index < -0.39 is 0 Å². The summed E-state index contributed by atoms with van der Waals surface area (Å²) in [5.41, 5.74) is 9.56. The van der Waals surface area contributed by atoms with Crippen molar-refractivity contribution < 1.29 is 4.42 Å². The minimum absolute atomic E-state index is 0.603. The molecule has 0 amide bonds. The molecule has 0 spiro atoms. The molecule has 0 atom stereocenters. The fourth-order valence-corrected chi connectivity index (χ4v) is 8.16. The van der Waals surface area contributed by atoms with E-state index in [1.807, 2.05) is 78.9 Å². The average Bonchev–Trinajstić information content (AvgIpc) is 3.66. The molecule has 0 N–H and O–H groups in total. The third-order valence-electron chi connectivity index (χ3n) is 10.9. The Morgan fingerprint density at radius 1 is 0.333 bits per heavy atom. The van der Waals surface area contributed by atoms with Crippen LogP contribution in [0.15, 0.2) is 186 Å². The lowest BCUT2D eigenvalue weighted by molar-refractivity contribution is 0.669. The predicted octanol–water partition coefficient (Wildman–Crippen LogP) is 14.1. The standard InChI is InChI=1S/C52H30N4O/c1-53-37-25-27-49-46(29-37)45-28-36(24-26-48(45)57-49)32-20-22-33(23-21-32)42-30-43-40-18-10-11-19-41(40)47(31-44(43)39-17-9-8-16-38(39)42)52-55-50(34-12-4-2-5-13-34)54-51(56-52)35-14-6-3-7-15-35/h2-31H. The van der Waals surface area contributed by atoms with Gasteiger partial charge in [0.2, 0.25) is 0 Å². The van der Waals surface area contributed by atoms with Crippen LogP contribution in [0.25, 0.3) is 116 Å². The quantitative estimate of drug-likeness (QED) is 0.131. The molecular weight excluding hydrogens is 697 g/mol. The minimum atomic E-state index is 0.603. The number of rotatable bonds is 5. The molecule has 57 heavy (non-hydrogen) atoms. The maximum atomic E-state index is 7.48. The van der Waals surface area contributed by atoms with Crippen molar-refractivity contribution in [2.75, 3.05) is 0 Å². The van der Waals surface area contributed by atoms with Crippen LogP contribution in [0, 0.1) is 6.57 Å². The molecule has 0 unspecified atom stereocenters. The number of furan rings is 1. The minimum Gasteiger partial charge on any atom is -0.456 e. The maximum Gasteiger partial charge on any atom is 0.188 e. The number of hydrogen-bond donors (Lipinski definition) is 0. The Morgan fingerprint density at radius 3 is 1.42 bits per heavy atom. The molecule has 11 rings (SSSR count). The van der Waals surface area contributed by atoms with E-state index >= 15 is 0 Å². The van der Waals surface area contributed by atoms with E-state index in [9.17, 15) is 0 Å². The molecule has 0 aliphatic heterocycles. The van der Waals surface area contributed by atoms with Gasteiger partial charge in [-0.15, -0.1) is 0 Å². The van der Waals surface area contributed by atoms with Gasteiger partial charge in [-0.25, -0.2) is 19.8 Å². The van der Waals surface area contributed by atoms with Crippen LogP contribution in [0.2, 0.25) is 0 Å². The van der Waals surface area contributed by atoms with Gasteiger partial charge >= 0.3 is 0 Å². The summed E-state index contributed by atoms with van der Waals surface area (Å²) >= 11 is 0. The van der Waals surface area contributed by atoms with Crippen LogP contribution in [0.3, 0.4) is 0 Å². The second kappa shape index (κ2) is 13.1. The Kier molecular flexibility index (Phi) is 7.48. The van der Waals surface area contributed by atoms with Gasteiger partial charge in [0.1, 0.15) is 11.2 Å². The first-order valence-electron chi connectivity index (χ1n) is 18.9. The number of hydrogen-bond acceptors (Lipinski definition) is 4. The lowest BCUT2D eigenvalue weighted by atomic mass is 9.88. The van der Waals surface area contributed by atoms with Crippen LogP contribution in [-0.4, -0.2) is 15.0 Å².